The number of aromatic hydroxyl groups is 2. The Balaban J connectivity index is 1.74. The molecule has 0 saturated heterocycles. The average Bonchev–Trinajstić information content (AvgIpc) is 2.58. The lowest BCUT2D eigenvalue weighted by molar-refractivity contribution is 0.474. The van der Waals surface area contributed by atoms with E-state index < -0.39 is 0 Å². The van der Waals surface area contributed by atoms with Crippen LogP contribution in [0.15, 0.2) is 58.5 Å². The fourth-order valence-electron chi connectivity index (χ4n) is 2.30. The summed E-state index contributed by atoms with van der Waals surface area (Å²) in [4.78, 5) is 9.13. The molecular weight excluding hydrogens is 300 g/mol. The zero-order chi connectivity index (χ0) is 17.4. The molecule has 0 radical (unpaired) electrons. The van der Waals surface area contributed by atoms with Gasteiger partial charge in [-0.3, -0.25) is 9.98 Å². The summed E-state index contributed by atoms with van der Waals surface area (Å²) in [5.74, 6) is 0.543. The summed E-state index contributed by atoms with van der Waals surface area (Å²) in [6.07, 6.45) is 1.98. The number of nitrogens with zero attached hydrogens (tertiary/aromatic N) is 2. The molecule has 2 rings (SSSR count). The minimum Gasteiger partial charge on any atom is -0.508 e. The van der Waals surface area contributed by atoms with Gasteiger partial charge in [-0.05, 0) is 86.3 Å². The van der Waals surface area contributed by atoms with Crippen molar-refractivity contribution in [1.82, 2.24) is 0 Å². The van der Waals surface area contributed by atoms with Crippen molar-refractivity contribution in [3.8, 4) is 11.5 Å². The fraction of sp³-hybridized carbons (Fsp3) is 0.300. The summed E-state index contributed by atoms with van der Waals surface area (Å²) in [7, 11) is 0. The average molecular weight is 324 g/mol. The predicted molar refractivity (Wildman–Crippen MR) is 99.6 cm³/mol. The zero-order valence-electron chi connectivity index (χ0n) is 14.2. The van der Waals surface area contributed by atoms with Gasteiger partial charge in [0.2, 0.25) is 0 Å². The molecule has 2 aromatic rings. The first-order chi connectivity index (χ1) is 11.6. The molecule has 2 N–H and O–H groups in total. The van der Waals surface area contributed by atoms with Crippen LogP contribution in [-0.4, -0.2) is 34.7 Å². The van der Waals surface area contributed by atoms with Crippen molar-refractivity contribution < 1.29 is 10.2 Å². The summed E-state index contributed by atoms with van der Waals surface area (Å²) in [6.45, 7) is 5.53. The van der Waals surface area contributed by atoms with E-state index >= 15 is 0 Å². The summed E-state index contributed by atoms with van der Waals surface area (Å²) >= 11 is 0. The van der Waals surface area contributed by atoms with Gasteiger partial charge in [-0.2, -0.15) is 0 Å². The van der Waals surface area contributed by atoms with Crippen molar-refractivity contribution in [3.05, 3.63) is 59.7 Å². The Hall–Kier alpha value is -2.62. The predicted octanol–water partition coefficient (Wildman–Crippen LogP) is 4.20. The van der Waals surface area contributed by atoms with Crippen molar-refractivity contribution in [3.63, 3.8) is 0 Å². The van der Waals surface area contributed by atoms with Crippen molar-refractivity contribution in [2.24, 2.45) is 9.98 Å². The molecule has 4 heteroatoms. The van der Waals surface area contributed by atoms with E-state index in [-0.39, 0.29) is 11.5 Å². The summed E-state index contributed by atoms with van der Waals surface area (Å²) in [5, 5.41) is 18.6. The first kappa shape index (κ1) is 17.7. The third-order valence-corrected chi connectivity index (χ3v) is 3.83. The highest BCUT2D eigenvalue weighted by molar-refractivity contribution is 5.99. The topological polar surface area (TPSA) is 65.2 Å². The summed E-state index contributed by atoms with van der Waals surface area (Å²) in [6, 6.07) is 14.2. The Bertz CT molecular complexity index is 638. The van der Waals surface area contributed by atoms with Gasteiger partial charge < -0.3 is 10.2 Å². The quantitative estimate of drug-likeness (QED) is 0.592. The van der Waals surface area contributed by atoms with Gasteiger partial charge >= 0.3 is 0 Å². The lowest BCUT2D eigenvalue weighted by atomic mass is 10.1. The molecule has 24 heavy (non-hydrogen) atoms. The summed E-state index contributed by atoms with van der Waals surface area (Å²) < 4.78 is 0. The fourth-order valence-corrected chi connectivity index (χ4v) is 2.30. The highest BCUT2D eigenvalue weighted by atomic mass is 16.3. The Morgan fingerprint density at radius 3 is 1.33 bits per heavy atom. The van der Waals surface area contributed by atoms with Gasteiger partial charge in [-0.15, -0.1) is 0 Å². The van der Waals surface area contributed by atoms with Crippen LogP contribution in [0.4, 0.5) is 0 Å². The number of hydrogen-bond acceptors (Lipinski definition) is 4. The lowest BCUT2D eigenvalue weighted by Crippen LogP contribution is -1.98. The van der Waals surface area contributed by atoms with Gasteiger partial charge in [0.15, 0.2) is 0 Å². The van der Waals surface area contributed by atoms with Crippen LogP contribution in [0.1, 0.15) is 37.8 Å². The SMILES string of the molecule is C/C(=N/CCCC/N=C(\C)c1ccc(O)cc1)c1ccc(O)cc1. The first-order valence-corrected chi connectivity index (χ1v) is 8.17. The third kappa shape index (κ3) is 5.54. The van der Waals surface area contributed by atoms with E-state index in [4.69, 9.17) is 0 Å². The monoisotopic (exact) mass is 324 g/mol. The Labute approximate surface area is 143 Å². The van der Waals surface area contributed by atoms with Crippen molar-refractivity contribution in [1.29, 1.82) is 0 Å². The van der Waals surface area contributed by atoms with E-state index in [1.54, 1.807) is 24.3 Å². The highest BCUT2D eigenvalue weighted by Gasteiger charge is 1.98. The molecule has 0 amide bonds. The van der Waals surface area contributed by atoms with Gasteiger partial charge in [0.25, 0.3) is 0 Å². The molecule has 0 heterocycles. The third-order valence-electron chi connectivity index (χ3n) is 3.83. The molecule has 0 unspecified atom stereocenters. The minimum atomic E-state index is 0.272. The standard InChI is InChI=1S/C20H24N2O2/c1-15(17-5-9-19(23)10-6-17)21-13-3-4-14-22-16(2)18-7-11-20(24)12-8-18/h5-12,23-24H,3-4,13-14H2,1-2H3/b21-15-,22-16+. The van der Waals surface area contributed by atoms with Crippen molar-refractivity contribution in [2.75, 3.05) is 13.1 Å². The zero-order valence-corrected chi connectivity index (χ0v) is 14.2. The Kier molecular flexibility index (Phi) is 6.55. The Morgan fingerprint density at radius 2 is 1.00 bits per heavy atom. The van der Waals surface area contributed by atoms with Crippen LogP contribution in [-0.2, 0) is 0 Å². The second-order valence-corrected chi connectivity index (χ2v) is 5.74. The molecule has 0 aromatic heterocycles. The molecule has 0 fully saturated rings. The number of aliphatic imine (C=N–C) groups is 2. The van der Waals surface area contributed by atoms with Gasteiger partial charge in [0.1, 0.15) is 11.5 Å². The maximum absolute atomic E-state index is 9.29. The second-order valence-electron chi connectivity index (χ2n) is 5.74. The smallest absolute Gasteiger partial charge is 0.115 e. The van der Waals surface area contributed by atoms with Gasteiger partial charge in [0.05, 0.1) is 0 Å². The van der Waals surface area contributed by atoms with Crippen LogP contribution in [0.2, 0.25) is 0 Å². The molecule has 0 atom stereocenters. The second kappa shape index (κ2) is 8.87. The van der Waals surface area contributed by atoms with E-state index in [0.717, 1.165) is 48.5 Å². The van der Waals surface area contributed by atoms with E-state index in [1.807, 2.05) is 38.1 Å². The van der Waals surface area contributed by atoms with Crippen LogP contribution in [0.5, 0.6) is 11.5 Å². The van der Waals surface area contributed by atoms with Crippen LogP contribution in [0, 0.1) is 0 Å². The molecule has 2 aromatic carbocycles. The van der Waals surface area contributed by atoms with Crippen LogP contribution in [0.25, 0.3) is 0 Å². The van der Waals surface area contributed by atoms with Gasteiger partial charge in [-0.1, -0.05) is 0 Å². The largest absolute Gasteiger partial charge is 0.508 e. The number of hydrogen-bond donors (Lipinski definition) is 2. The Morgan fingerprint density at radius 1 is 0.667 bits per heavy atom. The molecule has 0 bridgehead atoms. The number of phenols is 2. The minimum absolute atomic E-state index is 0.272. The van der Waals surface area contributed by atoms with Gasteiger partial charge in [-0.25, -0.2) is 0 Å². The normalized spacial score (nSPS) is 12.4. The number of rotatable bonds is 7. The van der Waals surface area contributed by atoms with Crippen LogP contribution >= 0.6 is 0 Å². The summed E-state index contributed by atoms with van der Waals surface area (Å²) in [5.41, 5.74) is 4.04. The number of unbranched alkanes of at least 4 members (excludes halogenated alkanes) is 1. The van der Waals surface area contributed by atoms with E-state index in [9.17, 15) is 10.2 Å². The highest BCUT2D eigenvalue weighted by Crippen LogP contribution is 2.11. The van der Waals surface area contributed by atoms with Crippen molar-refractivity contribution >= 4 is 11.4 Å². The maximum Gasteiger partial charge on any atom is 0.115 e. The molecule has 0 spiro atoms. The van der Waals surface area contributed by atoms with Crippen molar-refractivity contribution in [2.45, 2.75) is 26.7 Å². The maximum atomic E-state index is 9.29. The van der Waals surface area contributed by atoms with E-state index in [1.165, 1.54) is 0 Å². The molecule has 4 nitrogen and oxygen atoms in total. The van der Waals surface area contributed by atoms with E-state index in [2.05, 4.69) is 9.98 Å². The van der Waals surface area contributed by atoms with Gasteiger partial charge in [0, 0.05) is 24.5 Å². The van der Waals surface area contributed by atoms with E-state index in [0.29, 0.717) is 0 Å². The molecule has 0 aliphatic rings. The van der Waals surface area contributed by atoms with Crippen LogP contribution in [0.3, 0.4) is 0 Å². The first-order valence-electron chi connectivity index (χ1n) is 8.17. The molecule has 0 aliphatic heterocycles. The van der Waals surface area contributed by atoms with Crippen LogP contribution < -0.4 is 0 Å². The molecule has 0 saturated carbocycles. The number of phenolic OH excluding ortho intramolecular Hbond substituents is 2. The molecule has 126 valence electrons. The number of benzene rings is 2. The molecule has 0 aliphatic carbocycles. The lowest BCUT2D eigenvalue weighted by Gasteiger charge is -2.03. The molecular formula is C20H24N2O2.